The number of nitrogens with one attached hydrogen (secondary N) is 1. The number of aryl methyl sites for hydroxylation is 1. The van der Waals surface area contributed by atoms with Crippen LogP contribution in [0, 0.1) is 0 Å². The second kappa shape index (κ2) is 7.14. The Labute approximate surface area is 147 Å². The number of aromatic nitrogens is 2. The lowest BCUT2D eigenvalue weighted by Crippen LogP contribution is -2.36. The number of hydrogen-bond acceptors (Lipinski definition) is 5. The largest absolute Gasteiger partial charge is 0.378 e. The molecule has 3 rings (SSSR count). The summed E-state index contributed by atoms with van der Waals surface area (Å²) < 4.78 is 7.38. The highest BCUT2D eigenvalue weighted by Gasteiger charge is 2.17. The molecule has 0 unspecified atom stereocenters. The van der Waals surface area contributed by atoms with Gasteiger partial charge in [0, 0.05) is 30.7 Å². The molecule has 126 valence electrons. The number of carbonyl (C=O) groups excluding carboxylic acids is 1. The topological polar surface area (TPSA) is 76.5 Å². The Balaban J connectivity index is 1.87. The van der Waals surface area contributed by atoms with Crippen molar-refractivity contribution in [3.63, 3.8) is 0 Å². The summed E-state index contributed by atoms with van der Waals surface area (Å²) in [4.78, 5) is 26.0. The average Bonchev–Trinajstić information content (AvgIpc) is 2.58. The molecule has 1 aliphatic rings. The van der Waals surface area contributed by atoms with E-state index in [9.17, 15) is 9.59 Å². The van der Waals surface area contributed by atoms with Gasteiger partial charge in [0.2, 0.25) is 0 Å². The van der Waals surface area contributed by atoms with Crippen molar-refractivity contribution in [3.8, 4) is 0 Å². The van der Waals surface area contributed by atoms with Gasteiger partial charge in [-0.05, 0) is 24.3 Å². The Morgan fingerprint density at radius 3 is 2.71 bits per heavy atom. The van der Waals surface area contributed by atoms with Crippen molar-refractivity contribution >= 4 is 33.2 Å². The number of rotatable bonds is 3. The summed E-state index contributed by atoms with van der Waals surface area (Å²) in [5.74, 6) is -0.363. The van der Waals surface area contributed by atoms with Crippen LogP contribution in [-0.2, 0) is 11.8 Å². The number of hydrogen-bond donors (Lipinski definition) is 1. The van der Waals surface area contributed by atoms with Crippen molar-refractivity contribution in [1.82, 2.24) is 9.78 Å². The number of halogens is 1. The molecule has 7 nitrogen and oxygen atoms in total. The van der Waals surface area contributed by atoms with Gasteiger partial charge in [-0.1, -0.05) is 15.9 Å². The van der Waals surface area contributed by atoms with Gasteiger partial charge in [0.15, 0.2) is 0 Å². The van der Waals surface area contributed by atoms with Crippen molar-refractivity contribution in [2.24, 2.45) is 7.05 Å². The van der Waals surface area contributed by atoms with Crippen LogP contribution in [0.5, 0.6) is 0 Å². The standard InChI is InChI=1S/C16H17BrN4O3/c1-20-15(22)5-3-12(19-20)16(23)18-13-10-11(17)2-4-14(13)21-6-8-24-9-7-21/h2-5,10H,6-9H2,1H3,(H,18,23). The second-order valence-corrected chi connectivity index (χ2v) is 6.31. The molecule has 2 aromatic rings. The fourth-order valence-electron chi connectivity index (χ4n) is 2.50. The molecule has 0 bridgehead atoms. The van der Waals surface area contributed by atoms with E-state index in [1.165, 1.54) is 19.2 Å². The van der Waals surface area contributed by atoms with Crippen LogP contribution in [0.1, 0.15) is 10.5 Å². The lowest BCUT2D eigenvalue weighted by molar-refractivity contribution is 0.102. The molecule has 1 aromatic heterocycles. The quantitative estimate of drug-likeness (QED) is 0.858. The highest BCUT2D eigenvalue weighted by Crippen LogP contribution is 2.30. The van der Waals surface area contributed by atoms with E-state index in [2.05, 4.69) is 31.2 Å². The fraction of sp³-hybridized carbons (Fsp3) is 0.312. The van der Waals surface area contributed by atoms with E-state index < -0.39 is 0 Å². The second-order valence-electron chi connectivity index (χ2n) is 5.40. The number of carbonyl (C=O) groups is 1. The number of amides is 1. The Kier molecular flexibility index (Phi) is 4.96. The molecule has 24 heavy (non-hydrogen) atoms. The summed E-state index contributed by atoms with van der Waals surface area (Å²) >= 11 is 3.43. The summed E-state index contributed by atoms with van der Waals surface area (Å²) in [7, 11) is 1.51. The molecule has 0 aliphatic carbocycles. The summed E-state index contributed by atoms with van der Waals surface area (Å²) in [6.45, 7) is 2.85. The highest BCUT2D eigenvalue weighted by atomic mass is 79.9. The molecule has 0 atom stereocenters. The maximum absolute atomic E-state index is 12.5. The van der Waals surface area contributed by atoms with Crippen LogP contribution in [0.15, 0.2) is 39.6 Å². The number of ether oxygens (including phenoxy) is 1. The maximum Gasteiger partial charge on any atom is 0.276 e. The zero-order valence-corrected chi connectivity index (χ0v) is 14.7. The van der Waals surface area contributed by atoms with Crippen LogP contribution < -0.4 is 15.8 Å². The van der Waals surface area contributed by atoms with Crippen LogP contribution in [0.25, 0.3) is 0 Å². The van der Waals surface area contributed by atoms with E-state index in [-0.39, 0.29) is 17.2 Å². The van der Waals surface area contributed by atoms with E-state index in [0.717, 1.165) is 27.9 Å². The van der Waals surface area contributed by atoms with E-state index in [1.54, 1.807) is 0 Å². The number of anilines is 2. The molecule has 1 saturated heterocycles. The number of nitrogens with zero attached hydrogens (tertiary/aromatic N) is 3. The first-order valence-electron chi connectivity index (χ1n) is 7.52. The van der Waals surface area contributed by atoms with Crippen molar-refractivity contribution in [2.75, 3.05) is 36.5 Å². The van der Waals surface area contributed by atoms with Gasteiger partial charge in [0.25, 0.3) is 11.5 Å². The van der Waals surface area contributed by atoms with Crippen molar-refractivity contribution < 1.29 is 9.53 Å². The van der Waals surface area contributed by atoms with Gasteiger partial charge < -0.3 is 15.0 Å². The molecule has 1 fully saturated rings. The average molecular weight is 393 g/mol. The Morgan fingerprint density at radius 1 is 1.25 bits per heavy atom. The lowest BCUT2D eigenvalue weighted by atomic mass is 10.2. The Morgan fingerprint density at radius 2 is 2.00 bits per heavy atom. The molecule has 2 heterocycles. The lowest BCUT2D eigenvalue weighted by Gasteiger charge is -2.30. The zero-order valence-electron chi connectivity index (χ0n) is 13.2. The molecular weight excluding hydrogens is 376 g/mol. The highest BCUT2D eigenvalue weighted by molar-refractivity contribution is 9.10. The van der Waals surface area contributed by atoms with Crippen LogP contribution in [0.3, 0.4) is 0 Å². The third-order valence-electron chi connectivity index (χ3n) is 3.75. The first-order valence-corrected chi connectivity index (χ1v) is 8.32. The summed E-state index contributed by atoms with van der Waals surface area (Å²) in [5, 5.41) is 6.86. The van der Waals surface area contributed by atoms with Gasteiger partial charge in [0.1, 0.15) is 5.69 Å². The van der Waals surface area contributed by atoms with E-state index in [0.29, 0.717) is 18.9 Å². The minimum Gasteiger partial charge on any atom is -0.378 e. The monoisotopic (exact) mass is 392 g/mol. The molecule has 8 heteroatoms. The molecule has 1 amide bonds. The molecule has 0 spiro atoms. The minimum absolute atomic E-state index is 0.185. The van der Waals surface area contributed by atoms with Crippen molar-refractivity contribution in [1.29, 1.82) is 0 Å². The van der Waals surface area contributed by atoms with E-state index in [1.807, 2.05) is 18.2 Å². The van der Waals surface area contributed by atoms with Gasteiger partial charge in [-0.15, -0.1) is 0 Å². The van der Waals surface area contributed by atoms with Crippen molar-refractivity contribution in [3.05, 3.63) is 50.9 Å². The third-order valence-corrected chi connectivity index (χ3v) is 4.24. The van der Waals surface area contributed by atoms with Crippen LogP contribution in [-0.4, -0.2) is 42.0 Å². The summed E-state index contributed by atoms with van der Waals surface area (Å²) in [6, 6.07) is 8.49. The summed E-state index contributed by atoms with van der Waals surface area (Å²) in [6.07, 6.45) is 0. The fourth-order valence-corrected chi connectivity index (χ4v) is 2.86. The SMILES string of the molecule is Cn1nc(C(=O)Nc2cc(Br)ccc2N2CCOCC2)ccc1=O. The van der Waals surface area contributed by atoms with Crippen molar-refractivity contribution in [2.45, 2.75) is 0 Å². The predicted octanol–water partition coefficient (Wildman–Crippen LogP) is 1.63. The molecular formula is C16H17BrN4O3. The smallest absolute Gasteiger partial charge is 0.276 e. The van der Waals surface area contributed by atoms with Crippen LogP contribution >= 0.6 is 15.9 Å². The van der Waals surface area contributed by atoms with Gasteiger partial charge in [-0.25, -0.2) is 4.68 Å². The maximum atomic E-state index is 12.5. The predicted molar refractivity (Wildman–Crippen MR) is 94.6 cm³/mol. The molecule has 0 saturated carbocycles. The molecule has 1 aliphatic heterocycles. The van der Waals surface area contributed by atoms with Gasteiger partial charge >= 0.3 is 0 Å². The van der Waals surface area contributed by atoms with Crippen LogP contribution in [0.4, 0.5) is 11.4 Å². The molecule has 1 aromatic carbocycles. The molecule has 0 radical (unpaired) electrons. The van der Waals surface area contributed by atoms with Gasteiger partial charge in [-0.3, -0.25) is 9.59 Å². The first-order chi connectivity index (χ1) is 11.5. The van der Waals surface area contributed by atoms with E-state index >= 15 is 0 Å². The summed E-state index contributed by atoms with van der Waals surface area (Å²) in [5.41, 5.74) is 1.54. The minimum atomic E-state index is -0.363. The Bertz CT molecular complexity index is 815. The van der Waals surface area contributed by atoms with E-state index in [4.69, 9.17) is 4.74 Å². The van der Waals surface area contributed by atoms with Gasteiger partial charge in [0.05, 0.1) is 24.6 Å². The first kappa shape index (κ1) is 16.7. The Hall–Kier alpha value is -2.19. The third kappa shape index (κ3) is 3.65. The van der Waals surface area contributed by atoms with Gasteiger partial charge in [-0.2, -0.15) is 5.10 Å². The normalized spacial score (nSPS) is 14.5. The van der Waals surface area contributed by atoms with Crippen LogP contribution in [0.2, 0.25) is 0 Å². The zero-order chi connectivity index (χ0) is 17.1. The number of morpholine rings is 1. The number of benzene rings is 1. The molecule has 1 N–H and O–H groups in total.